The van der Waals surface area contributed by atoms with Crippen LogP contribution in [-0.2, 0) is 11.1 Å². The molecule has 1 unspecified atom stereocenters. The van der Waals surface area contributed by atoms with Crippen molar-refractivity contribution in [1.82, 2.24) is 4.98 Å². The van der Waals surface area contributed by atoms with Gasteiger partial charge in [0.25, 0.3) is 0 Å². The summed E-state index contributed by atoms with van der Waals surface area (Å²) in [4.78, 5) is 3.57. The van der Waals surface area contributed by atoms with Crippen LogP contribution in [0.2, 0.25) is 0 Å². The Hall–Kier alpha value is -0.740. The first kappa shape index (κ1) is 6.38. The molecule has 1 rings (SSSR count). The highest BCUT2D eigenvalue weighted by Gasteiger charge is 1.86. The third kappa shape index (κ3) is 1.58. The van der Waals surface area contributed by atoms with Crippen LogP contribution in [0.25, 0.3) is 0 Å². The van der Waals surface area contributed by atoms with Gasteiger partial charge in [-0.2, -0.15) is 0 Å². The lowest BCUT2D eigenvalue weighted by molar-refractivity contribution is 0.533. The molecule has 0 N–H and O–H groups in total. The van der Waals surface area contributed by atoms with Crippen molar-refractivity contribution in [3.8, 4) is 0 Å². The van der Waals surface area contributed by atoms with E-state index in [1.807, 2.05) is 0 Å². The Bertz CT molecular complexity index is 211. The average molecular weight is 142 g/mol. The van der Waals surface area contributed by atoms with Gasteiger partial charge in [0.05, 0.1) is 0 Å². The smallest absolute Gasteiger partial charge is 0.113 e. The van der Waals surface area contributed by atoms with Crippen LogP contribution in [0, 0.1) is 0 Å². The minimum absolute atomic E-state index is 0.0810. The van der Waals surface area contributed by atoms with Gasteiger partial charge in [-0.05, 0) is 23.2 Å². The molecular formula is C5H4NO2S-. The number of pyridine rings is 1. The molecule has 0 radical (unpaired) electrons. The van der Waals surface area contributed by atoms with Gasteiger partial charge in [-0.25, -0.2) is 4.98 Å². The van der Waals surface area contributed by atoms with Gasteiger partial charge >= 0.3 is 0 Å². The molecule has 0 aliphatic heterocycles. The van der Waals surface area contributed by atoms with Crippen molar-refractivity contribution in [2.24, 2.45) is 0 Å². The lowest BCUT2D eigenvalue weighted by atomic mass is 10.5. The van der Waals surface area contributed by atoms with E-state index >= 15 is 0 Å². The van der Waals surface area contributed by atoms with Gasteiger partial charge in [0, 0.05) is 6.20 Å². The highest BCUT2D eigenvalue weighted by Crippen LogP contribution is 1.95. The molecule has 1 aromatic rings. The van der Waals surface area contributed by atoms with Crippen LogP contribution in [0.15, 0.2) is 29.4 Å². The molecule has 1 atom stereocenters. The Kier molecular flexibility index (Phi) is 1.92. The second-order valence-corrected chi connectivity index (χ2v) is 2.29. The molecule has 3 nitrogen and oxygen atoms in total. The van der Waals surface area contributed by atoms with E-state index < -0.39 is 11.1 Å². The molecule has 1 aromatic heterocycles. The molecule has 0 bridgehead atoms. The van der Waals surface area contributed by atoms with E-state index in [1.165, 1.54) is 12.3 Å². The zero-order chi connectivity index (χ0) is 6.69. The maximum absolute atomic E-state index is 10.1. The normalized spacial score (nSPS) is 13.0. The van der Waals surface area contributed by atoms with E-state index in [2.05, 4.69) is 4.98 Å². The van der Waals surface area contributed by atoms with E-state index in [4.69, 9.17) is 0 Å². The largest absolute Gasteiger partial charge is 0.767 e. The summed E-state index contributed by atoms with van der Waals surface area (Å²) in [5.41, 5.74) is 0. The average Bonchev–Trinajstić information content (AvgIpc) is 1.90. The number of aromatic nitrogens is 1. The Morgan fingerprint density at radius 2 is 2.33 bits per heavy atom. The summed E-state index contributed by atoms with van der Waals surface area (Å²) < 4.78 is 20.3. The van der Waals surface area contributed by atoms with Crippen LogP contribution < -0.4 is 0 Å². The van der Waals surface area contributed by atoms with Gasteiger partial charge in [0.1, 0.15) is 5.03 Å². The molecule has 0 saturated heterocycles. The standard InChI is InChI=1S/C5H5NO2S/c7-9(8)5-3-1-2-4-6-5/h1-4H,(H,7,8)/p-1. The molecule has 0 aliphatic rings. The minimum atomic E-state index is -2.19. The van der Waals surface area contributed by atoms with Crippen LogP contribution >= 0.6 is 0 Å². The summed E-state index contributed by atoms with van der Waals surface area (Å²) in [6.45, 7) is 0. The predicted octanol–water partition coefficient (Wildman–Crippen LogP) is 0.320. The highest BCUT2D eigenvalue weighted by molar-refractivity contribution is 7.79. The predicted molar refractivity (Wildman–Crippen MR) is 31.4 cm³/mol. The molecule has 1 heterocycles. The maximum atomic E-state index is 10.1. The molecule has 0 amide bonds. The lowest BCUT2D eigenvalue weighted by Crippen LogP contribution is -1.90. The zero-order valence-corrected chi connectivity index (χ0v) is 5.30. The number of hydrogen-bond donors (Lipinski definition) is 0. The zero-order valence-electron chi connectivity index (χ0n) is 4.48. The van der Waals surface area contributed by atoms with E-state index in [1.54, 1.807) is 12.1 Å². The van der Waals surface area contributed by atoms with Gasteiger partial charge in [-0.3, -0.25) is 4.21 Å². The molecule has 0 saturated carbocycles. The molecule has 9 heavy (non-hydrogen) atoms. The second kappa shape index (κ2) is 2.70. The van der Waals surface area contributed by atoms with Crippen molar-refractivity contribution < 1.29 is 8.76 Å². The minimum Gasteiger partial charge on any atom is -0.767 e. The summed E-state index contributed by atoms with van der Waals surface area (Å²) in [5, 5.41) is 0.0810. The van der Waals surface area contributed by atoms with E-state index in [-0.39, 0.29) is 5.03 Å². The monoisotopic (exact) mass is 142 g/mol. The first-order chi connectivity index (χ1) is 4.30. The fourth-order valence-electron chi connectivity index (χ4n) is 0.446. The van der Waals surface area contributed by atoms with Crippen molar-refractivity contribution >= 4 is 11.1 Å². The van der Waals surface area contributed by atoms with Crippen LogP contribution in [0.1, 0.15) is 0 Å². The van der Waals surface area contributed by atoms with Crippen molar-refractivity contribution in [3.05, 3.63) is 24.4 Å². The number of hydrogen-bond acceptors (Lipinski definition) is 3. The molecule has 48 valence electrons. The Labute approximate surface area is 55.0 Å². The summed E-state index contributed by atoms with van der Waals surface area (Å²) in [5.74, 6) is 0. The van der Waals surface area contributed by atoms with Crippen LogP contribution in [0.4, 0.5) is 0 Å². The Morgan fingerprint density at radius 1 is 1.56 bits per heavy atom. The summed E-state index contributed by atoms with van der Waals surface area (Å²) in [7, 11) is 0. The highest BCUT2D eigenvalue weighted by atomic mass is 32.2. The van der Waals surface area contributed by atoms with Gasteiger partial charge < -0.3 is 4.55 Å². The van der Waals surface area contributed by atoms with Gasteiger partial charge in [0.2, 0.25) is 0 Å². The van der Waals surface area contributed by atoms with E-state index in [0.717, 1.165) is 0 Å². The van der Waals surface area contributed by atoms with Gasteiger partial charge in [0.15, 0.2) is 0 Å². The first-order valence-corrected chi connectivity index (χ1v) is 3.38. The van der Waals surface area contributed by atoms with Crippen molar-refractivity contribution in [2.75, 3.05) is 0 Å². The van der Waals surface area contributed by atoms with Crippen molar-refractivity contribution in [2.45, 2.75) is 5.03 Å². The fraction of sp³-hybridized carbons (Fsp3) is 0. The first-order valence-electron chi connectivity index (χ1n) is 2.31. The fourth-order valence-corrected chi connectivity index (χ4v) is 0.782. The molecule has 0 aliphatic carbocycles. The number of rotatable bonds is 1. The van der Waals surface area contributed by atoms with Crippen LogP contribution in [0.3, 0.4) is 0 Å². The molecule has 0 fully saturated rings. The second-order valence-electron chi connectivity index (χ2n) is 1.40. The van der Waals surface area contributed by atoms with Crippen molar-refractivity contribution in [3.63, 3.8) is 0 Å². The van der Waals surface area contributed by atoms with Crippen LogP contribution in [-0.4, -0.2) is 13.7 Å². The Balaban J connectivity index is 2.98. The van der Waals surface area contributed by atoms with Crippen molar-refractivity contribution in [1.29, 1.82) is 0 Å². The summed E-state index contributed by atoms with van der Waals surface area (Å²) >= 11 is -2.19. The third-order valence-electron chi connectivity index (χ3n) is 0.809. The maximum Gasteiger partial charge on any atom is 0.113 e. The third-order valence-corrected chi connectivity index (χ3v) is 1.39. The summed E-state index contributed by atoms with van der Waals surface area (Å²) in [6.07, 6.45) is 1.44. The van der Waals surface area contributed by atoms with Gasteiger partial charge in [-0.1, -0.05) is 6.07 Å². The number of nitrogens with zero attached hydrogens (tertiary/aromatic N) is 1. The SMILES string of the molecule is O=S([O-])c1ccccn1. The quantitative estimate of drug-likeness (QED) is 0.530. The van der Waals surface area contributed by atoms with E-state index in [9.17, 15) is 8.76 Å². The lowest BCUT2D eigenvalue weighted by Gasteiger charge is -2.00. The molecular weight excluding hydrogens is 138 g/mol. The molecule has 4 heteroatoms. The van der Waals surface area contributed by atoms with E-state index in [0.29, 0.717) is 0 Å². The molecule has 0 aromatic carbocycles. The topological polar surface area (TPSA) is 53.0 Å². The molecule has 0 spiro atoms. The van der Waals surface area contributed by atoms with Crippen LogP contribution in [0.5, 0.6) is 0 Å². The summed E-state index contributed by atoms with van der Waals surface area (Å²) in [6, 6.07) is 4.72. The van der Waals surface area contributed by atoms with Gasteiger partial charge in [-0.15, -0.1) is 0 Å². The Morgan fingerprint density at radius 3 is 2.67 bits per heavy atom.